The van der Waals surface area contributed by atoms with Crippen LogP contribution in [0.2, 0.25) is 0 Å². The van der Waals surface area contributed by atoms with Crippen LogP contribution in [0.1, 0.15) is 38.5 Å². The molecule has 2 aliphatic rings. The predicted octanol–water partition coefficient (Wildman–Crippen LogP) is 1.32. The van der Waals surface area contributed by atoms with Gasteiger partial charge >= 0.3 is 0 Å². The van der Waals surface area contributed by atoms with Crippen molar-refractivity contribution in [1.82, 2.24) is 9.80 Å². The van der Waals surface area contributed by atoms with Crippen molar-refractivity contribution in [3.05, 3.63) is 0 Å². The van der Waals surface area contributed by atoms with E-state index < -0.39 is 0 Å². The molecule has 0 bridgehead atoms. The summed E-state index contributed by atoms with van der Waals surface area (Å²) in [5, 5.41) is 8.69. The number of hydrogen-bond acceptors (Lipinski definition) is 3. The van der Waals surface area contributed by atoms with Gasteiger partial charge in [0.25, 0.3) is 0 Å². The van der Waals surface area contributed by atoms with Crippen molar-refractivity contribution in [2.24, 2.45) is 0 Å². The molecule has 1 heterocycles. The van der Waals surface area contributed by atoms with Gasteiger partial charge in [-0.05, 0) is 32.2 Å². The van der Waals surface area contributed by atoms with Gasteiger partial charge in [-0.15, -0.1) is 0 Å². The molecule has 0 aromatic carbocycles. The van der Waals surface area contributed by atoms with Crippen molar-refractivity contribution in [2.45, 2.75) is 44.6 Å². The highest BCUT2D eigenvalue weighted by Gasteiger charge is 2.30. The molecule has 1 aliphatic heterocycles. The number of nitrogens with zero attached hydrogens (tertiary/aromatic N) is 2. The van der Waals surface area contributed by atoms with Crippen molar-refractivity contribution in [3.63, 3.8) is 0 Å². The molecule has 3 heteroatoms. The second kappa shape index (κ2) is 6.58. The average Bonchev–Trinajstić information content (AvgIpc) is 3.14. The average molecular weight is 226 g/mol. The first kappa shape index (κ1) is 12.3. The van der Waals surface area contributed by atoms with E-state index in [1.165, 1.54) is 64.8 Å². The molecule has 1 saturated carbocycles. The highest BCUT2D eigenvalue weighted by atomic mass is 16.2. The molecule has 0 aromatic rings. The zero-order chi connectivity index (χ0) is 11.2. The number of unbranched alkanes of at least 4 members (excludes halogenated alkanes) is 3. The molecule has 94 valence electrons. The first-order valence-electron chi connectivity index (χ1n) is 6.97. The lowest BCUT2D eigenvalue weighted by Gasteiger charge is -2.34. The second-order valence-electron chi connectivity index (χ2n) is 5.25. The van der Waals surface area contributed by atoms with Gasteiger partial charge in [0.05, 0.1) is 0 Å². The first-order chi connectivity index (χ1) is 7.90. The molecule has 0 spiro atoms. The van der Waals surface area contributed by atoms with E-state index in [9.17, 15) is 0 Å². The lowest BCUT2D eigenvalue weighted by atomic mass is 10.2. The fraction of sp³-hybridized carbons (Fsp3) is 1.00. The van der Waals surface area contributed by atoms with Gasteiger partial charge in [-0.25, -0.2) is 0 Å². The molecule has 2 rings (SSSR count). The molecule has 16 heavy (non-hydrogen) atoms. The zero-order valence-corrected chi connectivity index (χ0v) is 10.4. The normalized spacial score (nSPS) is 23.8. The summed E-state index contributed by atoms with van der Waals surface area (Å²) < 4.78 is 0. The Bertz CT molecular complexity index is 186. The number of aliphatic hydroxyl groups is 1. The minimum absolute atomic E-state index is 0.361. The van der Waals surface area contributed by atoms with Crippen molar-refractivity contribution in [2.75, 3.05) is 39.3 Å². The summed E-state index contributed by atoms with van der Waals surface area (Å²) in [6.45, 7) is 6.76. The largest absolute Gasteiger partial charge is 0.396 e. The lowest BCUT2D eigenvalue weighted by molar-refractivity contribution is 0.125. The van der Waals surface area contributed by atoms with E-state index in [0.717, 1.165) is 12.5 Å². The van der Waals surface area contributed by atoms with Gasteiger partial charge in [-0.1, -0.05) is 12.8 Å². The van der Waals surface area contributed by atoms with E-state index >= 15 is 0 Å². The molecule has 1 saturated heterocycles. The van der Waals surface area contributed by atoms with Gasteiger partial charge in [0.2, 0.25) is 0 Å². The predicted molar refractivity (Wildman–Crippen MR) is 66.6 cm³/mol. The van der Waals surface area contributed by atoms with Crippen LogP contribution in [0.4, 0.5) is 0 Å². The van der Waals surface area contributed by atoms with Crippen molar-refractivity contribution < 1.29 is 5.11 Å². The van der Waals surface area contributed by atoms with E-state index in [0.29, 0.717) is 6.61 Å². The van der Waals surface area contributed by atoms with Crippen LogP contribution >= 0.6 is 0 Å². The third-order valence-corrected chi connectivity index (χ3v) is 3.85. The fourth-order valence-corrected chi connectivity index (χ4v) is 2.59. The van der Waals surface area contributed by atoms with Crippen LogP contribution in [-0.2, 0) is 0 Å². The molecule has 1 aliphatic carbocycles. The van der Waals surface area contributed by atoms with E-state index in [-0.39, 0.29) is 0 Å². The third-order valence-electron chi connectivity index (χ3n) is 3.85. The monoisotopic (exact) mass is 226 g/mol. The maximum absolute atomic E-state index is 8.69. The van der Waals surface area contributed by atoms with Crippen LogP contribution in [-0.4, -0.2) is 60.3 Å². The molecule has 0 atom stereocenters. The summed E-state index contributed by atoms with van der Waals surface area (Å²) in [6, 6.07) is 0.951. The van der Waals surface area contributed by atoms with Crippen LogP contribution in [0.15, 0.2) is 0 Å². The Labute approximate surface area is 99.4 Å². The van der Waals surface area contributed by atoms with Gasteiger partial charge in [-0.3, -0.25) is 4.90 Å². The minimum Gasteiger partial charge on any atom is -0.396 e. The number of rotatable bonds is 7. The molecular formula is C13H26N2O. The Kier molecular flexibility index (Phi) is 5.07. The third kappa shape index (κ3) is 4.04. The first-order valence-corrected chi connectivity index (χ1v) is 6.97. The molecule has 1 N–H and O–H groups in total. The summed E-state index contributed by atoms with van der Waals surface area (Å²) >= 11 is 0. The summed E-state index contributed by atoms with van der Waals surface area (Å²) in [4.78, 5) is 5.28. The Morgan fingerprint density at radius 3 is 2.19 bits per heavy atom. The minimum atomic E-state index is 0.361. The van der Waals surface area contributed by atoms with Crippen LogP contribution < -0.4 is 0 Å². The van der Waals surface area contributed by atoms with E-state index in [2.05, 4.69) is 9.80 Å². The van der Waals surface area contributed by atoms with Crippen molar-refractivity contribution in [3.8, 4) is 0 Å². The SMILES string of the molecule is OCCCCCCN1CCN(C2CC2)CC1. The molecule has 0 radical (unpaired) electrons. The van der Waals surface area contributed by atoms with E-state index in [1.807, 2.05) is 0 Å². The molecular weight excluding hydrogens is 200 g/mol. The molecule has 0 unspecified atom stereocenters. The number of aliphatic hydroxyl groups excluding tert-OH is 1. The number of piperazine rings is 1. The van der Waals surface area contributed by atoms with Crippen LogP contribution in [0, 0.1) is 0 Å². The van der Waals surface area contributed by atoms with Gasteiger partial charge in [-0.2, -0.15) is 0 Å². The standard InChI is InChI=1S/C13H26N2O/c16-12-4-2-1-3-7-14-8-10-15(11-9-14)13-5-6-13/h13,16H,1-12H2. The van der Waals surface area contributed by atoms with Gasteiger partial charge in [0.1, 0.15) is 0 Å². The van der Waals surface area contributed by atoms with Gasteiger partial charge in [0.15, 0.2) is 0 Å². The summed E-state index contributed by atoms with van der Waals surface area (Å²) in [6.07, 6.45) is 7.66. The summed E-state index contributed by atoms with van der Waals surface area (Å²) in [5.41, 5.74) is 0. The summed E-state index contributed by atoms with van der Waals surface area (Å²) in [7, 11) is 0. The molecule has 0 aromatic heterocycles. The summed E-state index contributed by atoms with van der Waals surface area (Å²) in [5.74, 6) is 0. The smallest absolute Gasteiger partial charge is 0.0431 e. The van der Waals surface area contributed by atoms with Crippen LogP contribution in [0.25, 0.3) is 0 Å². The quantitative estimate of drug-likeness (QED) is 0.663. The van der Waals surface area contributed by atoms with E-state index in [4.69, 9.17) is 5.11 Å². The second-order valence-corrected chi connectivity index (χ2v) is 5.25. The van der Waals surface area contributed by atoms with Gasteiger partial charge < -0.3 is 10.0 Å². The Hall–Kier alpha value is -0.120. The van der Waals surface area contributed by atoms with E-state index in [1.54, 1.807) is 0 Å². The molecule has 2 fully saturated rings. The number of hydrogen-bond donors (Lipinski definition) is 1. The Balaban J connectivity index is 1.48. The van der Waals surface area contributed by atoms with Gasteiger partial charge in [0, 0.05) is 38.8 Å². The highest BCUT2D eigenvalue weighted by molar-refractivity contribution is 4.87. The maximum Gasteiger partial charge on any atom is 0.0431 e. The van der Waals surface area contributed by atoms with Crippen LogP contribution in [0.5, 0.6) is 0 Å². The zero-order valence-electron chi connectivity index (χ0n) is 10.4. The topological polar surface area (TPSA) is 26.7 Å². The highest BCUT2D eigenvalue weighted by Crippen LogP contribution is 2.27. The lowest BCUT2D eigenvalue weighted by Crippen LogP contribution is -2.47. The maximum atomic E-state index is 8.69. The molecule has 3 nitrogen and oxygen atoms in total. The van der Waals surface area contributed by atoms with Crippen LogP contribution in [0.3, 0.4) is 0 Å². The van der Waals surface area contributed by atoms with Crippen molar-refractivity contribution in [1.29, 1.82) is 0 Å². The van der Waals surface area contributed by atoms with Crippen molar-refractivity contribution >= 4 is 0 Å². The molecule has 0 amide bonds. The Morgan fingerprint density at radius 2 is 1.56 bits per heavy atom. The fourth-order valence-electron chi connectivity index (χ4n) is 2.59. The Morgan fingerprint density at radius 1 is 0.875 bits per heavy atom.